The molecule has 0 fully saturated rings. The molecule has 0 saturated heterocycles. The summed E-state index contributed by atoms with van der Waals surface area (Å²) in [6.45, 7) is 2.38. The SMILES string of the molecule is COCCC(C)n1c(N)cc(=O)[nH]c1=O. The maximum absolute atomic E-state index is 11.5. The van der Waals surface area contributed by atoms with Gasteiger partial charge in [-0.3, -0.25) is 14.3 Å². The average molecular weight is 213 g/mol. The number of hydrogen-bond acceptors (Lipinski definition) is 4. The number of hydrogen-bond donors (Lipinski definition) is 2. The van der Waals surface area contributed by atoms with Crippen LogP contribution < -0.4 is 17.0 Å². The van der Waals surface area contributed by atoms with E-state index in [1.54, 1.807) is 7.11 Å². The van der Waals surface area contributed by atoms with Crippen LogP contribution in [0.15, 0.2) is 15.7 Å². The molecule has 0 aromatic carbocycles. The Hall–Kier alpha value is -1.56. The van der Waals surface area contributed by atoms with Crippen LogP contribution in [0.25, 0.3) is 0 Å². The molecule has 1 rings (SSSR count). The van der Waals surface area contributed by atoms with E-state index >= 15 is 0 Å². The van der Waals surface area contributed by atoms with E-state index in [0.717, 1.165) is 0 Å². The van der Waals surface area contributed by atoms with Crippen LogP contribution in [0.3, 0.4) is 0 Å². The molecule has 0 spiro atoms. The molecule has 0 bridgehead atoms. The number of H-pyrrole nitrogens is 1. The van der Waals surface area contributed by atoms with Crippen molar-refractivity contribution in [2.45, 2.75) is 19.4 Å². The van der Waals surface area contributed by atoms with Crippen LogP contribution >= 0.6 is 0 Å². The minimum Gasteiger partial charge on any atom is -0.385 e. The van der Waals surface area contributed by atoms with Gasteiger partial charge < -0.3 is 10.5 Å². The van der Waals surface area contributed by atoms with Gasteiger partial charge >= 0.3 is 5.69 Å². The number of nitrogens with one attached hydrogen (secondary N) is 1. The quantitative estimate of drug-likeness (QED) is 0.719. The Labute approximate surface area is 86.7 Å². The third kappa shape index (κ3) is 2.69. The number of anilines is 1. The van der Waals surface area contributed by atoms with Gasteiger partial charge in [0.25, 0.3) is 5.56 Å². The Morgan fingerprint density at radius 1 is 1.60 bits per heavy atom. The number of ether oxygens (including phenoxy) is 1. The minimum atomic E-state index is -0.483. The van der Waals surface area contributed by atoms with E-state index in [2.05, 4.69) is 4.98 Å². The summed E-state index contributed by atoms with van der Waals surface area (Å²) in [6, 6.07) is 1.10. The molecule has 0 amide bonds. The van der Waals surface area contributed by atoms with Gasteiger partial charge in [0, 0.05) is 25.8 Å². The van der Waals surface area contributed by atoms with Gasteiger partial charge in [0.05, 0.1) is 0 Å². The summed E-state index contributed by atoms with van der Waals surface area (Å²) in [4.78, 5) is 24.5. The van der Waals surface area contributed by atoms with Crippen LogP contribution in [0.1, 0.15) is 19.4 Å². The Morgan fingerprint density at radius 2 is 2.27 bits per heavy atom. The lowest BCUT2D eigenvalue weighted by Crippen LogP contribution is -2.33. The average Bonchev–Trinajstić information content (AvgIpc) is 2.12. The van der Waals surface area contributed by atoms with Crippen molar-refractivity contribution in [3.05, 3.63) is 26.9 Å². The molecular weight excluding hydrogens is 198 g/mol. The van der Waals surface area contributed by atoms with Gasteiger partial charge in [0.2, 0.25) is 0 Å². The van der Waals surface area contributed by atoms with Crippen LogP contribution in [0, 0.1) is 0 Å². The summed E-state index contributed by atoms with van der Waals surface area (Å²) in [7, 11) is 1.59. The normalized spacial score (nSPS) is 12.7. The number of nitrogens with two attached hydrogens (primary N) is 1. The van der Waals surface area contributed by atoms with Crippen LogP contribution in [-0.2, 0) is 4.74 Å². The number of aromatic nitrogens is 2. The molecule has 0 aliphatic heterocycles. The van der Waals surface area contributed by atoms with Gasteiger partial charge in [0.15, 0.2) is 0 Å². The zero-order valence-electron chi connectivity index (χ0n) is 8.82. The monoisotopic (exact) mass is 213 g/mol. The van der Waals surface area contributed by atoms with Crippen molar-refractivity contribution in [1.29, 1.82) is 0 Å². The molecule has 15 heavy (non-hydrogen) atoms. The Kier molecular flexibility index (Phi) is 3.68. The predicted molar refractivity (Wildman–Crippen MR) is 56.9 cm³/mol. The molecule has 0 saturated carbocycles. The summed E-state index contributed by atoms with van der Waals surface area (Å²) in [5.41, 5.74) is 4.64. The smallest absolute Gasteiger partial charge is 0.330 e. The van der Waals surface area contributed by atoms with E-state index in [9.17, 15) is 9.59 Å². The summed E-state index contributed by atoms with van der Waals surface area (Å²) < 4.78 is 6.26. The standard InChI is InChI=1S/C9H15N3O3/c1-6(3-4-15-2)12-7(10)5-8(13)11-9(12)14/h5-6H,3-4,10H2,1-2H3,(H,11,13,14). The van der Waals surface area contributed by atoms with Crippen LogP contribution in [-0.4, -0.2) is 23.3 Å². The molecule has 84 valence electrons. The first kappa shape index (κ1) is 11.5. The van der Waals surface area contributed by atoms with E-state index in [0.29, 0.717) is 13.0 Å². The third-order valence-corrected chi connectivity index (χ3v) is 2.19. The lowest BCUT2D eigenvalue weighted by atomic mass is 10.2. The molecule has 0 aliphatic carbocycles. The van der Waals surface area contributed by atoms with E-state index < -0.39 is 11.2 Å². The van der Waals surface area contributed by atoms with Crippen molar-refractivity contribution >= 4 is 5.82 Å². The number of rotatable bonds is 4. The highest BCUT2D eigenvalue weighted by atomic mass is 16.5. The molecule has 1 unspecified atom stereocenters. The van der Waals surface area contributed by atoms with Crippen LogP contribution in [0.4, 0.5) is 5.82 Å². The van der Waals surface area contributed by atoms with Gasteiger partial charge in [-0.05, 0) is 13.3 Å². The summed E-state index contributed by atoms with van der Waals surface area (Å²) in [5, 5.41) is 0. The fraction of sp³-hybridized carbons (Fsp3) is 0.556. The second kappa shape index (κ2) is 4.79. The van der Waals surface area contributed by atoms with Crippen molar-refractivity contribution in [2.75, 3.05) is 19.5 Å². The molecule has 0 radical (unpaired) electrons. The lowest BCUT2D eigenvalue weighted by molar-refractivity contribution is 0.180. The first-order valence-corrected chi connectivity index (χ1v) is 4.66. The fourth-order valence-electron chi connectivity index (χ4n) is 1.39. The van der Waals surface area contributed by atoms with E-state index in [1.807, 2.05) is 6.92 Å². The first-order chi connectivity index (χ1) is 7.06. The second-order valence-corrected chi connectivity index (χ2v) is 3.36. The zero-order valence-corrected chi connectivity index (χ0v) is 8.82. The predicted octanol–water partition coefficient (Wildman–Crippen LogP) is -0.284. The number of nitrogen functional groups attached to an aromatic ring is 1. The number of aromatic amines is 1. The molecule has 3 N–H and O–H groups in total. The zero-order chi connectivity index (χ0) is 11.4. The van der Waals surface area contributed by atoms with E-state index in [-0.39, 0.29) is 11.9 Å². The maximum Gasteiger partial charge on any atom is 0.330 e. The molecule has 1 atom stereocenters. The van der Waals surface area contributed by atoms with Gasteiger partial charge in [-0.2, -0.15) is 0 Å². The van der Waals surface area contributed by atoms with Crippen molar-refractivity contribution in [2.24, 2.45) is 0 Å². The van der Waals surface area contributed by atoms with Crippen molar-refractivity contribution in [1.82, 2.24) is 9.55 Å². The maximum atomic E-state index is 11.5. The molecular formula is C9H15N3O3. The molecule has 6 heteroatoms. The van der Waals surface area contributed by atoms with Gasteiger partial charge in [-0.1, -0.05) is 0 Å². The Bertz CT molecular complexity index is 435. The summed E-state index contributed by atoms with van der Waals surface area (Å²) >= 11 is 0. The third-order valence-electron chi connectivity index (χ3n) is 2.19. The highest BCUT2D eigenvalue weighted by Crippen LogP contribution is 2.10. The Morgan fingerprint density at radius 3 is 2.80 bits per heavy atom. The molecule has 1 aromatic rings. The molecule has 1 aromatic heterocycles. The minimum absolute atomic E-state index is 0.103. The summed E-state index contributed by atoms with van der Waals surface area (Å²) in [6.07, 6.45) is 0.659. The van der Waals surface area contributed by atoms with E-state index in [4.69, 9.17) is 10.5 Å². The van der Waals surface area contributed by atoms with Gasteiger partial charge in [-0.15, -0.1) is 0 Å². The fourth-order valence-corrected chi connectivity index (χ4v) is 1.39. The largest absolute Gasteiger partial charge is 0.385 e. The van der Waals surface area contributed by atoms with Crippen molar-refractivity contribution in [3.8, 4) is 0 Å². The number of methoxy groups -OCH3 is 1. The topological polar surface area (TPSA) is 90.1 Å². The summed E-state index contributed by atoms with van der Waals surface area (Å²) in [5.74, 6) is 0.173. The van der Waals surface area contributed by atoms with Crippen LogP contribution in [0.2, 0.25) is 0 Å². The highest BCUT2D eigenvalue weighted by molar-refractivity contribution is 5.26. The van der Waals surface area contributed by atoms with Crippen molar-refractivity contribution < 1.29 is 4.74 Å². The van der Waals surface area contributed by atoms with E-state index in [1.165, 1.54) is 10.6 Å². The Balaban J connectivity index is 3.03. The molecule has 0 aliphatic rings. The second-order valence-electron chi connectivity index (χ2n) is 3.36. The number of nitrogens with zero attached hydrogens (tertiary/aromatic N) is 1. The van der Waals surface area contributed by atoms with Crippen molar-refractivity contribution in [3.63, 3.8) is 0 Å². The van der Waals surface area contributed by atoms with Gasteiger partial charge in [-0.25, -0.2) is 4.79 Å². The molecule has 6 nitrogen and oxygen atoms in total. The first-order valence-electron chi connectivity index (χ1n) is 4.66. The molecule has 1 heterocycles. The van der Waals surface area contributed by atoms with Crippen LogP contribution in [0.5, 0.6) is 0 Å². The van der Waals surface area contributed by atoms with Gasteiger partial charge in [0.1, 0.15) is 5.82 Å². The lowest BCUT2D eigenvalue weighted by Gasteiger charge is -2.15. The highest BCUT2D eigenvalue weighted by Gasteiger charge is 2.10.